The van der Waals surface area contributed by atoms with Crippen LogP contribution in [0.4, 0.5) is 5.82 Å². The maximum absolute atomic E-state index is 11.8. The molecule has 1 aromatic heterocycles. The Bertz CT molecular complexity index is 529. The Morgan fingerprint density at radius 1 is 1.32 bits per heavy atom. The van der Waals surface area contributed by atoms with Gasteiger partial charge in [-0.2, -0.15) is 0 Å². The van der Waals surface area contributed by atoms with Crippen LogP contribution in [0.2, 0.25) is 0 Å². The minimum Gasteiger partial charge on any atom is -0.370 e. The standard InChI is InChI=1S/C12H19N3O3S/c1-3-13-11-7-5-6-10(15-11)12(16)14-8-9-19(17,18)4-2/h5-7H,3-4,8-9H2,1-2H3,(H,13,15)(H,14,16). The first-order valence-electron chi connectivity index (χ1n) is 6.18. The van der Waals surface area contributed by atoms with Gasteiger partial charge in [-0.3, -0.25) is 4.79 Å². The van der Waals surface area contributed by atoms with Crippen LogP contribution in [-0.4, -0.2) is 43.9 Å². The van der Waals surface area contributed by atoms with Crippen molar-refractivity contribution in [3.05, 3.63) is 23.9 Å². The summed E-state index contributed by atoms with van der Waals surface area (Å²) in [6, 6.07) is 5.08. The summed E-state index contributed by atoms with van der Waals surface area (Å²) >= 11 is 0. The van der Waals surface area contributed by atoms with Crippen molar-refractivity contribution in [3.8, 4) is 0 Å². The molecule has 0 aliphatic carbocycles. The van der Waals surface area contributed by atoms with Gasteiger partial charge in [-0.1, -0.05) is 13.0 Å². The molecule has 1 rings (SSSR count). The predicted octanol–water partition coefficient (Wildman–Crippen LogP) is 0.678. The molecule has 106 valence electrons. The van der Waals surface area contributed by atoms with Crippen LogP contribution in [0.5, 0.6) is 0 Å². The summed E-state index contributed by atoms with van der Waals surface area (Å²) < 4.78 is 22.6. The molecule has 19 heavy (non-hydrogen) atoms. The van der Waals surface area contributed by atoms with Gasteiger partial charge in [0.05, 0.1) is 5.75 Å². The van der Waals surface area contributed by atoms with E-state index in [1.54, 1.807) is 25.1 Å². The Labute approximate surface area is 113 Å². The molecule has 0 saturated heterocycles. The van der Waals surface area contributed by atoms with Crippen molar-refractivity contribution < 1.29 is 13.2 Å². The first kappa shape index (κ1) is 15.4. The van der Waals surface area contributed by atoms with Crippen molar-refractivity contribution in [1.82, 2.24) is 10.3 Å². The molecule has 0 radical (unpaired) electrons. The van der Waals surface area contributed by atoms with Crippen LogP contribution in [0, 0.1) is 0 Å². The number of carbonyl (C=O) groups excluding carboxylic acids is 1. The largest absolute Gasteiger partial charge is 0.370 e. The minimum atomic E-state index is -3.06. The fourth-order valence-corrected chi connectivity index (χ4v) is 2.10. The van der Waals surface area contributed by atoms with Crippen LogP contribution in [0.25, 0.3) is 0 Å². The molecule has 0 bridgehead atoms. The number of anilines is 1. The fourth-order valence-electron chi connectivity index (χ4n) is 1.40. The molecule has 0 aromatic carbocycles. The van der Waals surface area contributed by atoms with Gasteiger partial charge in [0.1, 0.15) is 11.5 Å². The van der Waals surface area contributed by atoms with Gasteiger partial charge < -0.3 is 10.6 Å². The van der Waals surface area contributed by atoms with E-state index in [-0.39, 0.29) is 29.7 Å². The normalized spacial score (nSPS) is 11.1. The number of pyridine rings is 1. The monoisotopic (exact) mass is 285 g/mol. The topological polar surface area (TPSA) is 88.2 Å². The maximum Gasteiger partial charge on any atom is 0.269 e. The van der Waals surface area contributed by atoms with Gasteiger partial charge in [0.2, 0.25) is 0 Å². The SMILES string of the molecule is CCNc1cccc(C(=O)NCCS(=O)(=O)CC)n1. The van der Waals surface area contributed by atoms with Gasteiger partial charge in [-0.05, 0) is 19.1 Å². The summed E-state index contributed by atoms with van der Waals surface area (Å²) in [5.74, 6) is 0.279. The summed E-state index contributed by atoms with van der Waals surface area (Å²) in [6.07, 6.45) is 0. The number of amides is 1. The Morgan fingerprint density at radius 3 is 2.68 bits per heavy atom. The highest BCUT2D eigenvalue weighted by Crippen LogP contribution is 2.04. The molecule has 0 spiro atoms. The smallest absolute Gasteiger partial charge is 0.269 e. The van der Waals surface area contributed by atoms with Crippen LogP contribution >= 0.6 is 0 Å². The molecular formula is C12H19N3O3S. The van der Waals surface area contributed by atoms with Gasteiger partial charge in [-0.25, -0.2) is 13.4 Å². The summed E-state index contributed by atoms with van der Waals surface area (Å²) in [5, 5.41) is 5.56. The number of carbonyl (C=O) groups is 1. The van der Waals surface area contributed by atoms with Gasteiger partial charge in [0, 0.05) is 18.8 Å². The predicted molar refractivity (Wildman–Crippen MR) is 75.1 cm³/mol. The van der Waals surface area contributed by atoms with Gasteiger partial charge >= 0.3 is 0 Å². The first-order valence-corrected chi connectivity index (χ1v) is 8.00. The van der Waals surface area contributed by atoms with Crippen molar-refractivity contribution >= 4 is 21.6 Å². The van der Waals surface area contributed by atoms with E-state index in [1.807, 2.05) is 6.92 Å². The average Bonchev–Trinajstić information content (AvgIpc) is 2.39. The third-order valence-corrected chi connectivity index (χ3v) is 4.18. The van der Waals surface area contributed by atoms with Gasteiger partial charge in [0.15, 0.2) is 9.84 Å². The summed E-state index contributed by atoms with van der Waals surface area (Å²) in [6.45, 7) is 4.33. The number of rotatable bonds is 7. The van der Waals surface area contributed by atoms with Crippen molar-refractivity contribution in [2.75, 3.05) is 29.9 Å². The fraction of sp³-hybridized carbons (Fsp3) is 0.500. The van der Waals surface area contributed by atoms with E-state index in [2.05, 4.69) is 15.6 Å². The average molecular weight is 285 g/mol. The molecule has 1 amide bonds. The van der Waals surface area contributed by atoms with Crippen LogP contribution in [0.15, 0.2) is 18.2 Å². The molecule has 0 atom stereocenters. The van der Waals surface area contributed by atoms with E-state index in [9.17, 15) is 13.2 Å². The lowest BCUT2D eigenvalue weighted by Gasteiger charge is -2.07. The third kappa shape index (κ3) is 5.25. The zero-order valence-corrected chi connectivity index (χ0v) is 12.0. The third-order valence-electron chi connectivity index (χ3n) is 2.48. The van der Waals surface area contributed by atoms with Gasteiger partial charge in [0.25, 0.3) is 5.91 Å². The van der Waals surface area contributed by atoms with Crippen LogP contribution in [-0.2, 0) is 9.84 Å². The van der Waals surface area contributed by atoms with E-state index >= 15 is 0 Å². The second kappa shape index (κ2) is 7.08. The van der Waals surface area contributed by atoms with E-state index in [1.165, 1.54) is 0 Å². The minimum absolute atomic E-state index is 0.0534. The molecule has 2 N–H and O–H groups in total. The zero-order chi connectivity index (χ0) is 14.3. The van der Waals surface area contributed by atoms with E-state index < -0.39 is 9.84 Å². The van der Waals surface area contributed by atoms with E-state index in [4.69, 9.17) is 0 Å². The summed E-state index contributed by atoms with van der Waals surface area (Å²) in [4.78, 5) is 15.9. The highest BCUT2D eigenvalue weighted by molar-refractivity contribution is 7.91. The maximum atomic E-state index is 11.8. The van der Waals surface area contributed by atoms with Crippen molar-refractivity contribution in [3.63, 3.8) is 0 Å². The zero-order valence-electron chi connectivity index (χ0n) is 11.1. The quantitative estimate of drug-likeness (QED) is 0.769. The number of nitrogens with one attached hydrogen (secondary N) is 2. The molecule has 6 nitrogen and oxygen atoms in total. The lowest BCUT2D eigenvalue weighted by atomic mass is 10.3. The van der Waals surface area contributed by atoms with Crippen molar-refractivity contribution in [2.45, 2.75) is 13.8 Å². The van der Waals surface area contributed by atoms with E-state index in [0.29, 0.717) is 12.4 Å². The molecule has 0 unspecified atom stereocenters. The van der Waals surface area contributed by atoms with Crippen molar-refractivity contribution in [1.29, 1.82) is 0 Å². The Kier molecular flexibility index (Phi) is 5.75. The number of sulfone groups is 1. The number of hydrogen-bond acceptors (Lipinski definition) is 5. The molecular weight excluding hydrogens is 266 g/mol. The lowest BCUT2D eigenvalue weighted by molar-refractivity contribution is 0.0951. The number of aromatic nitrogens is 1. The van der Waals surface area contributed by atoms with Crippen LogP contribution in [0.3, 0.4) is 0 Å². The summed E-state index contributed by atoms with van der Waals surface area (Å²) in [5.41, 5.74) is 0.271. The highest BCUT2D eigenvalue weighted by Gasteiger charge is 2.10. The highest BCUT2D eigenvalue weighted by atomic mass is 32.2. The molecule has 0 fully saturated rings. The molecule has 7 heteroatoms. The Morgan fingerprint density at radius 2 is 2.05 bits per heavy atom. The van der Waals surface area contributed by atoms with Crippen LogP contribution in [0.1, 0.15) is 24.3 Å². The first-order chi connectivity index (χ1) is 8.98. The molecule has 1 heterocycles. The van der Waals surface area contributed by atoms with E-state index in [0.717, 1.165) is 0 Å². The van der Waals surface area contributed by atoms with Gasteiger partial charge in [-0.15, -0.1) is 0 Å². The van der Waals surface area contributed by atoms with Crippen LogP contribution < -0.4 is 10.6 Å². The molecule has 1 aromatic rings. The molecule has 0 saturated carbocycles. The molecule has 0 aliphatic heterocycles. The second-order valence-corrected chi connectivity index (χ2v) is 6.40. The lowest BCUT2D eigenvalue weighted by Crippen LogP contribution is -2.30. The summed E-state index contributed by atoms with van der Waals surface area (Å²) in [7, 11) is -3.06. The Hall–Kier alpha value is -1.63. The number of nitrogens with zero attached hydrogens (tertiary/aromatic N) is 1. The molecule has 0 aliphatic rings. The Balaban J connectivity index is 2.56. The van der Waals surface area contributed by atoms with Crippen molar-refractivity contribution in [2.24, 2.45) is 0 Å². The second-order valence-electron chi connectivity index (χ2n) is 3.93. The number of hydrogen-bond donors (Lipinski definition) is 2.